The van der Waals surface area contributed by atoms with Gasteiger partial charge in [0.05, 0.1) is 25.3 Å². The summed E-state index contributed by atoms with van der Waals surface area (Å²) in [6.07, 6.45) is 6.29. The number of benzene rings is 1. The lowest BCUT2D eigenvalue weighted by molar-refractivity contribution is -0.892. The smallest absolute Gasteiger partial charge is 0.338 e. The van der Waals surface area contributed by atoms with Crippen LogP contribution in [0.2, 0.25) is 0 Å². The second-order valence-corrected chi connectivity index (χ2v) is 6.04. The molecule has 5 nitrogen and oxygen atoms in total. The van der Waals surface area contributed by atoms with Gasteiger partial charge in [-0.15, -0.1) is 0 Å². The summed E-state index contributed by atoms with van der Waals surface area (Å²) in [5, 5.41) is 2.91. The lowest BCUT2D eigenvalue weighted by atomic mass is 10.1. The number of ether oxygens (including phenoxy) is 1. The summed E-state index contributed by atoms with van der Waals surface area (Å²) in [5.74, 6) is -0.306. The maximum absolute atomic E-state index is 12.2. The van der Waals surface area contributed by atoms with Crippen LogP contribution in [0.25, 0.3) is 0 Å². The molecule has 1 fully saturated rings. The van der Waals surface area contributed by atoms with Crippen molar-refractivity contribution in [3.05, 3.63) is 29.8 Å². The molecule has 1 aliphatic heterocycles. The largest absolute Gasteiger partial charge is 0.462 e. The Bertz CT molecular complexity index is 506. The summed E-state index contributed by atoms with van der Waals surface area (Å²) < 4.78 is 4.94. The van der Waals surface area contributed by atoms with E-state index in [0.717, 1.165) is 18.8 Å². The molecule has 126 valence electrons. The Balaban J connectivity index is 1.83. The number of anilines is 1. The van der Waals surface area contributed by atoms with Crippen LogP contribution < -0.4 is 10.2 Å². The van der Waals surface area contributed by atoms with Crippen molar-refractivity contribution in [2.75, 3.05) is 31.6 Å². The summed E-state index contributed by atoms with van der Waals surface area (Å²) in [5.41, 5.74) is 1.22. The topological polar surface area (TPSA) is 59.8 Å². The third-order valence-corrected chi connectivity index (χ3v) is 4.15. The van der Waals surface area contributed by atoms with E-state index in [1.807, 2.05) is 0 Å². The van der Waals surface area contributed by atoms with Gasteiger partial charge in [0.25, 0.3) is 5.91 Å². The molecule has 1 aliphatic rings. The van der Waals surface area contributed by atoms with E-state index in [9.17, 15) is 9.59 Å². The highest BCUT2D eigenvalue weighted by Gasteiger charge is 2.16. The SMILES string of the molecule is CCOC(=O)c1ccc(NC(=O)C[NH+]2CCCCCCC2)cc1. The Morgan fingerprint density at radius 3 is 2.26 bits per heavy atom. The van der Waals surface area contributed by atoms with Crippen LogP contribution in [0.5, 0.6) is 0 Å². The van der Waals surface area contributed by atoms with E-state index < -0.39 is 0 Å². The van der Waals surface area contributed by atoms with E-state index in [1.54, 1.807) is 31.2 Å². The van der Waals surface area contributed by atoms with Gasteiger partial charge >= 0.3 is 5.97 Å². The number of nitrogens with one attached hydrogen (secondary N) is 2. The van der Waals surface area contributed by atoms with Gasteiger partial charge in [0, 0.05) is 5.69 Å². The van der Waals surface area contributed by atoms with Crippen LogP contribution in [0.4, 0.5) is 5.69 Å². The van der Waals surface area contributed by atoms with E-state index in [4.69, 9.17) is 4.74 Å². The number of likely N-dealkylation sites (tertiary alicyclic amines) is 1. The lowest BCUT2D eigenvalue weighted by Crippen LogP contribution is -3.13. The molecule has 0 radical (unpaired) electrons. The van der Waals surface area contributed by atoms with Gasteiger partial charge in [-0.2, -0.15) is 0 Å². The molecular weight excluding hydrogens is 292 g/mol. The average Bonchev–Trinajstić information content (AvgIpc) is 2.51. The molecule has 1 amide bonds. The first-order chi connectivity index (χ1) is 11.2. The maximum Gasteiger partial charge on any atom is 0.338 e. The number of hydrogen-bond acceptors (Lipinski definition) is 3. The minimum Gasteiger partial charge on any atom is -0.462 e. The van der Waals surface area contributed by atoms with Crippen LogP contribution in [-0.2, 0) is 9.53 Å². The van der Waals surface area contributed by atoms with E-state index in [-0.39, 0.29) is 11.9 Å². The van der Waals surface area contributed by atoms with Gasteiger partial charge in [-0.05, 0) is 56.9 Å². The van der Waals surface area contributed by atoms with E-state index in [0.29, 0.717) is 18.7 Å². The minimum absolute atomic E-state index is 0.0319. The maximum atomic E-state index is 12.2. The molecule has 1 heterocycles. The molecule has 2 N–H and O–H groups in total. The van der Waals surface area contributed by atoms with Crippen molar-refractivity contribution in [3.8, 4) is 0 Å². The number of quaternary nitrogens is 1. The van der Waals surface area contributed by atoms with Crippen LogP contribution in [0, 0.1) is 0 Å². The Kier molecular flexibility index (Phi) is 7.07. The number of hydrogen-bond donors (Lipinski definition) is 2. The van der Waals surface area contributed by atoms with Gasteiger partial charge in [-0.25, -0.2) is 4.79 Å². The van der Waals surface area contributed by atoms with Crippen LogP contribution in [0.1, 0.15) is 49.4 Å². The third kappa shape index (κ3) is 6.02. The van der Waals surface area contributed by atoms with Gasteiger partial charge in [-0.3, -0.25) is 4.79 Å². The fraction of sp³-hybridized carbons (Fsp3) is 0.556. The first-order valence-corrected chi connectivity index (χ1v) is 8.59. The Morgan fingerprint density at radius 2 is 1.65 bits per heavy atom. The number of carbonyl (C=O) groups excluding carboxylic acids is 2. The molecule has 1 aromatic carbocycles. The van der Waals surface area contributed by atoms with Crippen molar-refractivity contribution >= 4 is 17.6 Å². The van der Waals surface area contributed by atoms with Crippen molar-refractivity contribution < 1.29 is 19.2 Å². The fourth-order valence-corrected chi connectivity index (χ4v) is 2.92. The molecule has 1 saturated heterocycles. The Hall–Kier alpha value is -1.88. The third-order valence-electron chi connectivity index (χ3n) is 4.15. The van der Waals surface area contributed by atoms with Crippen molar-refractivity contribution in [2.45, 2.75) is 39.0 Å². The first kappa shape index (κ1) is 17.5. The van der Waals surface area contributed by atoms with E-state index >= 15 is 0 Å². The number of esters is 1. The van der Waals surface area contributed by atoms with Crippen LogP contribution >= 0.6 is 0 Å². The molecular formula is C18H27N2O3+. The zero-order valence-corrected chi connectivity index (χ0v) is 13.9. The van der Waals surface area contributed by atoms with Gasteiger partial charge < -0.3 is 15.0 Å². The van der Waals surface area contributed by atoms with E-state index in [2.05, 4.69) is 5.32 Å². The van der Waals surface area contributed by atoms with Crippen molar-refractivity contribution in [3.63, 3.8) is 0 Å². The van der Waals surface area contributed by atoms with Crippen LogP contribution in [-0.4, -0.2) is 38.1 Å². The molecule has 2 rings (SSSR count). The van der Waals surface area contributed by atoms with E-state index in [1.165, 1.54) is 37.0 Å². The Morgan fingerprint density at radius 1 is 1.04 bits per heavy atom. The standard InChI is InChI=1S/C18H26N2O3/c1-2-23-18(22)15-8-10-16(11-9-15)19-17(21)14-20-12-6-4-3-5-7-13-20/h8-11H,2-7,12-14H2,1H3,(H,19,21)/p+1. The summed E-state index contributed by atoms with van der Waals surface area (Å²) in [4.78, 5) is 25.1. The summed E-state index contributed by atoms with van der Waals surface area (Å²) >= 11 is 0. The van der Waals surface area contributed by atoms with Crippen LogP contribution in [0.3, 0.4) is 0 Å². The number of rotatable bonds is 5. The molecule has 0 aliphatic carbocycles. The number of amides is 1. The minimum atomic E-state index is -0.338. The highest BCUT2D eigenvalue weighted by Crippen LogP contribution is 2.10. The van der Waals surface area contributed by atoms with Crippen molar-refractivity contribution in [1.29, 1.82) is 0 Å². The van der Waals surface area contributed by atoms with Gasteiger partial charge in [0.15, 0.2) is 6.54 Å². The molecule has 0 aromatic heterocycles. The molecule has 0 spiro atoms. The first-order valence-electron chi connectivity index (χ1n) is 8.59. The molecule has 0 unspecified atom stereocenters. The molecule has 5 heteroatoms. The number of carbonyl (C=O) groups is 2. The quantitative estimate of drug-likeness (QED) is 0.811. The molecule has 0 saturated carbocycles. The zero-order chi connectivity index (χ0) is 16.5. The second kappa shape index (κ2) is 9.30. The summed E-state index contributed by atoms with van der Waals surface area (Å²) in [6.45, 7) is 4.81. The molecule has 0 atom stereocenters. The average molecular weight is 319 g/mol. The molecule has 0 bridgehead atoms. The van der Waals surface area contributed by atoms with Gasteiger partial charge in [-0.1, -0.05) is 6.42 Å². The fourth-order valence-electron chi connectivity index (χ4n) is 2.92. The molecule has 1 aromatic rings. The summed E-state index contributed by atoms with van der Waals surface area (Å²) in [7, 11) is 0. The highest BCUT2D eigenvalue weighted by atomic mass is 16.5. The normalized spacial score (nSPS) is 16.2. The second-order valence-electron chi connectivity index (χ2n) is 6.04. The zero-order valence-electron chi connectivity index (χ0n) is 13.9. The monoisotopic (exact) mass is 319 g/mol. The van der Waals surface area contributed by atoms with Crippen LogP contribution in [0.15, 0.2) is 24.3 Å². The van der Waals surface area contributed by atoms with Gasteiger partial charge in [0.2, 0.25) is 0 Å². The lowest BCUT2D eigenvalue weighted by Gasteiger charge is -2.21. The van der Waals surface area contributed by atoms with Crippen molar-refractivity contribution in [2.24, 2.45) is 0 Å². The molecule has 23 heavy (non-hydrogen) atoms. The predicted molar refractivity (Wildman–Crippen MR) is 89.7 cm³/mol. The van der Waals surface area contributed by atoms with Gasteiger partial charge in [0.1, 0.15) is 0 Å². The highest BCUT2D eigenvalue weighted by molar-refractivity contribution is 5.93. The predicted octanol–water partition coefficient (Wildman–Crippen LogP) is 1.65. The van der Waals surface area contributed by atoms with Crippen molar-refractivity contribution in [1.82, 2.24) is 0 Å². The summed E-state index contributed by atoms with van der Waals surface area (Å²) in [6, 6.07) is 6.84. The Labute approximate surface area is 138 Å².